The SMILES string of the molecule is CCN(C)CCNC(=O)c1ccc(C=CC(=O)O)cc1F. The van der Waals surface area contributed by atoms with Gasteiger partial charge in [-0.2, -0.15) is 0 Å². The number of amides is 1. The summed E-state index contributed by atoms with van der Waals surface area (Å²) in [5.74, 6) is -2.27. The van der Waals surface area contributed by atoms with Crippen molar-refractivity contribution in [1.29, 1.82) is 0 Å². The lowest BCUT2D eigenvalue weighted by Crippen LogP contribution is -2.33. The van der Waals surface area contributed by atoms with Crippen molar-refractivity contribution in [3.05, 3.63) is 41.2 Å². The van der Waals surface area contributed by atoms with Gasteiger partial charge >= 0.3 is 5.97 Å². The van der Waals surface area contributed by atoms with Gasteiger partial charge in [0.05, 0.1) is 5.56 Å². The number of hydrogen-bond acceptors (Lipinski definition) is 3. The highest BCUT2D eigenvalue weighted by Gasteiger charge is 2.11. The van der Waals surface area contributed by atoms with Crippen molar-refractivity contribution >= 4 is 18.0 Å². The summed E-state index contributed by atoms with van der Waals surface area (Å²) in [7, 11) is 1.93. The fourth-order valence-corrected chi connectivity index (χ4v) is 1.60. The van der Waals surface area contributed by atoms with Crippen LogP contribution in [-0.4, -0.2) is 48.6 Å². The molecule has 0 bridgehead atoms. The first-order valence-corrected chi connectivity index (χ1v) is 6.61. The van der Waals surface area contributed by atoms with E-state index in [1.54, 1.807) is 0 Å². The average Bonchev–Trinajstić information content (AvgIpc) is 2.44. The Bertz CT molecular complexity index is 544. The molecule has 0 fully saturated rings. The van der Waals surface area contributed by atoms with Gasteiger partial charge in [-0.25, -0.2) is 9.18 Å². The minimum absolute atomic E-state index is 0.0540. The molecule has 1 amide bonds. The first-order chi connectivity index (χ1) is 9.93. The highest BCUT2D eigenvalue weighted by atomic mass is 19.1. The second-order valence-electron chi connectivity index (χ2n) is 4.56. The molecule has 0 saturated carbocycles. The fraction of sp³-hybridized carbons (Fsp3) is 0.333. The molecule has 0 saturated heterocycles. The number of carbonyl (C=O) groups is 2. The van der Waals surface area contributed by atoms with Crippen molar-refractivity contribution < 1.29 is 19.1 Å². The van der Waals surface area contributed by atoms with Crippen molar-refractivity contribution in [3.63, 3.8) is 0 Å². The van der Waals surface area contributed by atoms with Crippen molar-refractivity contribution in [2.75, 3.05) is 26.7 Å². The molecule has 1 rings (SSSR count). The minimum atomic E-state index is -1.11. The zero-order valence-electron chi connectivity index (χ0n) is 12.1. The number of nitrogens with one attached hydrogen (secondary N) is 1. The Morgan fingerprint density at radius 1 is 1.43 bits per heavy atom. The van der Waals surface area contributed by atoms with Crippen LogP contribution in [0.4, 0.5) is 4.39 Å². The highest BCUT2D eigenvalue weighted by molar-refractivity contribution is 5.94. The third-order valence-corrected chi connectivity index (χ3v) is 2.98. The Morgan fingerprint density at radius 3 is 2.71 bits per heavy atom. The second-order valence-corrected chi connectivity index (χ2v) is 4.56. The maximum Gasteiger partial charge on any atom is 0.328 e. The summed E-state index contributed by atoms with van der Waals surface area (Å²) < 4.78 is 13.8. The molecule has 0 unspecified atom stereocenters. The van der Waals surface area contributed by atoms with Gasteiger partial charge in [0.25, 0.3) is 5.91 Å². The van der Waals surface area contributed by atoms with E-state index in [2.05, 4.69) is 5.32 Å². The lowest BCUT2D eigenvalue weighted by atomic mass is 10.1. The Labute approximate surface area is 123 Å². The van der Waals surface area contributed by atoms with Gasteiger partial charge in [0.15, 0.2) is 0 Å². The molecule has 1 aromatic rings. The number of likely N-dealkylation sites (N-methyl/N-ethyl adjacent to an activating group) is 1. The number of rotatable bonds is 7. The molecule has 0 spiro atoms. The standard InChI is InChI=1S/C15H19FN2O3/c1-3-18(2)9-8-17-15(21)12-6-4-11(10-13(12)16)5-7-14(19)20/h4-7,10H,3,8-9H2,1-2H3,(H,17,21)(H,19,20). The van der Waals surface area contributed by atoms with Gasteiger partial charge in [-0.05, 0) is 37.4 Å². The normalized spacial score (nSPS) is 11.0. The smallest absolute Gasteiger partial charge is 0.328 e. The average molecular weight is 294 g/mol. The van der Waals surface area contributed by atoms with Crippen LogP contribution >= 0.6 is 0 Å². The Kier molecular flexibility index (Phi) is 6.55. The number of carboxylic acid groups (broad SMARTS) is 1. The third-order valence-electron chi connectivity index (χ3n) is 2.98. The van der Waals surface area contributed by atoms with E-state index in [0.717, 1.165) is 18.7 Å². The van der Waals surface area contributed by atoms with Crippen molar-refractivity contribution in [2.24, 2.45) is 0 Å². The summed E-state index contributed by atoms with van der Waals surface area (Å²) in [6.45, 7) is 3.99. The van der Waals surface area contributed by atoms with E-state index in [1.807, 2.05) is 18.9 Å². The van der Waals surface area contributed by atoms with E-state index >= 15 is 0 Å². The summed E-state index contributed by atoms with van der Waals surface area (Å²) in [6.07, 6.45) is 2.18. The molecule has 6 heteroatoms. The van der Waals surface area contributed by atoms with Gasteiger partial charge < -0.3 is 15.3 Å². The molecule has 114 valence electrons. The lowest BCUT2D eigenvalue weighted by Gasteiger charge is -2.14. The van der Waals surface area contributed by atoms with Gasteiger partial charge in [-0.3, -0.25) is 4.79 Å². The molecule has 2 N–H and O–H groups in total. The van der Waals surface area contributed by atoms with Gasteiger partial charge in [0, 0.05) is 19.2 Å². The maximum atomic E-state index is 13.8. The lowest BCUT2D eigenvalue weighted by molar-refractivity contribution is -0.131. The summed E-state index contributed by atoms with van der Waals surface area (Å²) >= 11 is 0. The first kappa shape index (κ1) is 16.8. The van der Waals surface area contributed by atoms with Crippen LogP contribution in [0.1, 0.15) is 22.8 Å². The van der Waals surface area contributed by atoms with E-state index < -0.39 is 17.7 Å². The number of carboxylic acids is 1. The molecular formula is C15H19FN2O3. The number of halogens is 1. The van der Waals surface area contributed by atoms with Crippen LogP contribution in [0.3, 0.4) is 0 Å². The third kappa shape index (κ3) is 5.74. The number of aliphatic carboxylic acids is 1. The second kappa shape index (κ2) is 8.16. The van der Waals surface area contributed by atoms with Gasteiger partial charge in [0.2, 0.25) is 0 Å². The molecule has 0 atom stereocenters. The van der Waals surface area contributed by atoms with Crippen LogP contribution in [0, 0.1) is 5.82 Å². The highest BCUT2D eigenvalue weighted by Crippen LogP contribution is 2.11. The van der Waals surface area contributed by atoms with Gasteiger partial charge in [-0.1, -0.05) is 13.0 Å². The first-order valence-electron chi connectivity index (χ1n) is 6.61. The molecule has 1 aromatic carbocycles. The number of benzene rings is 1. The molecule has 0 aliphatic carbocycles. The zero-order chi connectivity index (χ0) is 15.8. The quantitative estimate of drug-likeness (QED) is 0.750. The Hall–Kier alpha value is -2.21. The molecule has 5 nitrogen and oxygen atoms in total. The predicted molar refractivity (Wildman–Crippen MR) is 78.6 cm³/mol. The van der Waals surface area contributed by atoms with Crippen LogP contribution in [0.2, 0.25) is 0 Å². The molecule has 0 heterocycles. The zero-order valence-corrected chi connectivity index (χ0v) is 12.1. The van der Waals surface area contributed by atoms with Crippen LogP contribution in [0.5, 0.6) is 0 Å². The van der Waals surface area contributed by atoms with Gasteiger partial charge in [0.1, 0.15) is 5.82 Å². The topological polar surface area (TPSA) is 69.6 Å². The Balaban J connectivity index is 2.67. The fourth-order valence-electron chi connectivity index (χ4n) is 1.60. The summed E-state index contributed by atoms with van der Waals surface area (Å²) in [5, 5.41) is 11.1. The molecule has 0 aromatic heterocycles. The summed E-state index contributed by atoms with van der Waals surface area (Å²) in [4.78, 5) is 24.2. The van der Waals surface area contributed by atoms with Crippen LogP contribution in [0.15, 0.2) is 24.3 Å². The summed E-state index contributed by atoms with van der Waals surface area (Å²) in [6, 6.07) is 3.97. The van der Waals surface area contributed by atoms with Crippen molar-refractivity contribution in [1.82, 2.24) is 10.2 Å². The maximum absolute atomic E-state index is 13.8. The van der Waals surface area contributed by atoms with Crippen molar-refractivity contribution in [3.8, 4) is 0 Å². The van der Waals surface area contributed by atoms with Crippen LogP contribution in [-0.2, 0) is 4.79 Å². The van der Waals surface area contributed by atoms with E-state index in [-0.39, 0.29) is 5.56 Å². The van der Waals surface area contributed by atoms with Crippen LogP contribution < -0.4 is 5.32 Å². The molecule has 0 aliphatic rings. The molecule has 0 aliphatic heterocycles. The molecular weight excluding hydrogens is 275 g/mol. The monoisotopic (exact) mass is 294 g/mol. The van der Waals surface area contributed by atoms with E-state index in [9.17, 15) is 14.0 Å². The molecule has 0 radical (unpaired) electrons. The van der Waals surface area contributed by atoms with Gasteiger partial charge in [-0.15, -0.1) is 0 Å². The molecule has 21 heavy (non-hydrogen) atoms. The van der Waals surface area contributed by atoms with Crippen molar-refractivity contribution in [2.45, 2.75) is 6.92 Å². The number of carbonyl (C=O) groups excluding carboxylic acids is 1. The predicted octanol–water partition coefficient (Wildman–Crippen LogP) is 1.61. The number of hydrogen-bond donors (Lipinski definition) is 2. The van der Waals surface area contributed by atoms with E-state index in [4.69, 9.17) is 5.11 Å². The van der Waals surface area contributed by atoms with Crippen LogP contribution in [0.25, 0.3) is 6.08 Å². The minimum Gasteiger partial charge on any atom is -0.478 e. The van der Waals surface area contributed by atoms with E-state index in [0.29, 0.717) is 18.7 Å². The van der Waals surface area contributed by atoms with E-state index in [1.165, 1.54) is 18.2 Å². The number of nitrogens with zero attached hydrogens (tertiary/aromatic N) is 1. The Morgan fingerprint density at radius 2 is 2.14 bits per heavy atom. The largest absolute Gasteiger partial charge is 0.478 e. The summed E-state index contributed by atoms with van der Waals surface area (Å²) in [5.41, 5.74) is 0.332.